The largest absolute Gasteiger partial charge is 0.433 e. The molecule has 0 fully saturated rings. The third-order valence-corrected chi connectivity index (χ3v) is 4.12. The van der Waals surface area contributed by atoms with Crippen molar-refractivity contribution in [2.45, 2.75) is 0 Å². The van der Waals surface area contributed by atoms with Crippen molar-refractivity contribution in [2.75, 3.05) is 5.43 Å². The summed E-state index contributed by atoms with van der Waals surface area (Å²) < 4.78 is 5.76. The standard InChI is InChI=1S/C20H14N6O4/c27-19(15-9-3-4-11-21-15)25-24-18-17(26(28)29)20(23-12-22-18)30-16-10-5-7-13-6-1-2-8-14(13)16/h1-12H,(H,25,27)(H,22,23,24). The van der Waals surface area contributed by atoms with Crippen LogP contribution in [0.5, 0.6) is 11.6 Å². The van der Waals surface area contributed by atoms with Gasteiger partial charge in [-0.1, -0.05) is 42.5 Å². The Morgan fingerprint density at radius 1 is 0.967 bits per heavy atom. The molecule has 148 valence electrons. The highest BCUT2D eigenvalue weighted by Crippen LogP contribution is 2.36. The summed E-state index contributed by atoms with van der Waals surface area (Å²) in [5.74, 6) is -0.672. The Kier molecular flexibility index (Phi) is 5.12. The first-order valence-electron chi connectivity index (χ1n) is 8.76. The first-order valence-corrected chi connectivity index (χ1v) is 8.76. The summed E-state index contributed by atoms with van der Waals surface area (Å²) in [5.41, 5.74) is 4.39. The van der Waals surface area contributed by atoms with Gasteiger partial charge in [0.15, 0.2) is 0 Å². The number of ether oxygens (including phenoxy) is 1. The summed E-state index contributed by atoms with van der Waals surface area (Å²) in [4.78, 5) is 34.8. The van der Waals surface area contributed by atoms with Crippen LogP contribution in [0.15, 0.2) is 73.2 Å². The molecule has 0 aliphatic heterocycles. The average molecular weight is 402 g/mol. The number of anilines is 1. The molecule has 4 rings (SSSR count). The molecule has 0 saturated carbocycles. The molecular formula is C20H14N6O4. The van der Waals surface area contributed by atoms with Gasteiger partial charge in [-0.3, -0.25) is 30.7 Å². The van der Waals surface area contributed by atoms with E-state index in [9.17, 15) is 14.9 Å². The Balaban J connectivity index is 1.63. The van der Waals surface area contributed by atoms with Gasteiger partial charge in [-0.05, 0) is 23.6 Å². The van der Waals surface area contributed by atoms with Gasteiger partial charge in [-0.2, -0.15) is 4.98 Å². The van der Waals surface area contributed by atoms with Crippen LogP contribution in [0.1, 0.15) is 10.5 Å². The average Bonchev–Trinajstić information content (AvgIpc) is 2.78. The lowest BCUT2D eigenvalue weighted by molar-refractivity contribution is -0.385. The summed E-state index contributed by atoms with van der Waals surface area (Å²) in [6.45, 7) is 0. The predicted molar refractivity (Wildman–Crippen MR) is 108 cm³/mol. The topological polar surface area (TPSA) is 132 Å². The van der Waals surface area contributed by atoms with E-state index in [1.165, 1.54) is 12.3 Å². The van der Waals surface area contributed by atoms with Crippen molar-refractivity contribution in [3.8, 4) is 11.6 Å². The summed E-state index contributed by atoms with van der Waals surface area (Å²) in [6.07, 6.45) is 2.56. The molecule has 0 bridgehead atoms. The van der Waals surface area contributed by atoms with Gasteiger partial charge in [0.2, 0.25) is 5.82 Å². The minimum atomic E-state index is -0.685. The zero-order chi connectivity index (χ0) is 20.9. The highest BCUT2D eigenvalue weighted by molar-refractivity contribution is 5.93. The van der Waals surface area contributed by atoms with Crippen LogP contribution in [-0.4, -0.2) is 25.8 Å². The maximum absolute atomic E-state index is 12.1. The number of carbonyl (C=O) groups is 1. The van der Waals surface area contributed by atoms with E-state index < -0.39 is 16.5 Å². The van der Waals surface area contributed by atoms with Gasteiger partial charge < -0.3 is 4.74 Å². The lowest BCUT2D eigenvalue weighted by Crippen LogP contribution is -2.30. The summed E-state index contributed by atoms with van der Waals surface area (Å²) >= 11 is 0. The van der Waals surface area contributed by atoms with Gasteiger partial charge in [0.05, 0.1) is 4.92 Å². The highest BCUT2D eigenvalue weighted by Gasteiger charge is 2.26. The van der Waals surface area contributed by atoms with Crippen molar-refractivity contribution < 1.29 is 14.5 Å². The van der Waals surface area contributed by atoms with Crippen LogP contribution in [0.3, 0.4) is 0 Å². The summed E-state index contributed by atoms with van der Waals surface area (Å²) in [6, 6.07) is 17.6. The van der Waals surface area contributed by atoms with E-state index in [4.69, 9.17) is 4.74 Å². The Morgan fingerprint density at radius 2 is 1.77 bits per heavy atom. The van der Waals surface area contributed by atoms with Crippen molar-refractivity contribution in [3.63, 3.8) is 0 Å². The Hall–Kier alpha value is -4.60. The molecule has 2 aromatic carbocycles. The fraction of sp³-hybridized carbons (Fsp3) is 0. The van der Waals surface area contributed by atoms with E-state index >= 15 is 0 Å². The molecule has 0 aliphatic carbocycles. The van der Waals surface area contributed by atoms with Crippen LogP contribution in [0.2, 0.25) is 0 Å². The van der Waals surface area contributed by atoms with E-state index in [0.717, 1.165) is 17.1 Å². The molecule has 10 heteroatoms. The molecule has 4 aromatic rings. The summed E-state index contributed by atoms with van der Waals surface area (Å²) in [7, 11) is 0. The molecule has 2 aromatic heterocycles. The Morgan fingerprint density at radius 3 is 2.57 bits per heavy atom. The van der Waals surface area contributed by atoms with Gasteiger partial charge in [-0.25, -0.2) is 4.98 Å². The minimum absolute atomic E-state index is 0.133. The number of amides is 1. The zero-order valence-corrected chi connectivity index (χ0v) is 15.4. The maximum Gasteiger partial charge on any atom is 0.374 e. The number of hydrogen-bond acceptors (Lipinski definition) is 8. The third-order valence-electron chi connectivity index (χ3n) is 4.12. The smallest absolute Gasteiger partial charge is 0.374 e. The van der Waals surface area contributed by atoms with Crippen LogP contribution in [0, 0.1) is 10.1 Å². The van der Waals surface area contributed by atoms with E-state index in [1.54, 1.807) is 24.3 Å². The molecule has 0 atom stereocenters. The van der Waals surface area contributed by atoms with Gasteiger partial charge in [-0.15, -0.1) is 0 Å². The quantitative estimate of drug-likeness (QED) is 0.370. The number of pyridine rings is 1. The normalized spacial score (nSPS) is 10.4. The zero-order valence-electron chi connectivity index (χ0n) is 15.4. The van der Waals surface area contributed by atoms with Gasteiger partial charge in [0.25, 0.3) is 5.91 Å². The second-order valence-corrected chi connectivity index (χ2v) is 6.01. The molecule has 0 saturated heterocycles. The maximum atomic E-state index is 12.1. The number of benzene rings is 2. The fourth-order valence-corrected chi connectivity index (χ4v) is 2.76. The number of rotatable bonds is 6. The van der Waals surface area contributed by atoms with Gasteiger partial charge >= 0.3 is 11.6 Å². The Labute approximate surface area is 169 Å². The van der Waals surface area contributed by atoms with Crippen LogP contribution < -0.4 is 15.6 Å². The van der Waals surface area contributed by atoms with Crippen LogP contribution in [0.4, 0.5) is 11.5 Å². The molecule has 0 aliphatic rings. The molecule has 2 heterocycles. The molecule has 0 radical (unpaired) electrons. The lowest BCUT2D eigenvalue weighted by Gasteiger charge is -2.11. The number of hydrogen-bond donors (Lipinski definition) is 2. The predicted octanol–water partition coefficient (Wildman–Crippen LogP) is 3.48. The molecule has 30 heavy (non-hydrogen) atoms. The van der Waals surface area contributed by atoms with Crippen molar-refractivity contribution in [1.82, 2.24) is 20.4 Å². The third kappa shape index (κ3) is 3.83. The number of carbonyl (C=O) groups excluding carboxylic acids is 1. The SMILES string of the molecule is O=C(NNc1ncnc(Oc2cccc3ccccc23)c1[N+](=O)[O-])c1ccccn1. The number of hydrazine groups is 1. The first-order chi connectivity index (χ1) is 14.6. The molecule has 10 nitrogen and oxygen atoms in total. The minimum Gasteiger partial charge on any atom is -0.433 e. The number of aromatic nitrogens is 3. The fourth-order valence-electron chi connectivity index (χ4n) is 2.76. The molecule has 0 spiro atoms. The number of fused-ring (bicyclic) bond motifs is 1. The van der Waals surface area contributed by atoms with Crippen molar-refractivity contribution >= 4 is 28.2 Å². The van der Waals surface area contributed by atoms with Crippen molar-refractivity contribution in [2.24, 2.45) is 0 Å². The molecule has 1 amide bonds. The first kappa shape index (κ1) is 18.7. The monoisotopic (exact) mass is 402 g/mol. The second-order valence-electron chi connectivity index (χ2n) is 6.01. The molecule has 0 unspecified atom stereocenters. The molecule has 2 N–H and O–H groups in total. The van der Waals surface area contributed by atoms with E-state index in [1.807, 2.05) is 30.3 Å². The van der Waals surface area contributed by atoms with Crippen molar-refractivity contribution in [3.05, 3.63) is 89.0 Å². The van der Waals surface area contributed by atoms with E-state index in [0.29, 0.717) is 5.75 Å². The van der Waals surface area contributed by atoms with Gasteiger partial charge in [0, 0.05) is 11.6 Å². The Bertz CT molecular complexity index is 1230. The second kappa shape index (κ2) is 8.19. The number of nitrogens with zero attached hydrogens (tertiary/aromatic N) is 4. The summed E-state index contributed by atoms with van der Waals surface area (Å²) in [5, 5.41) is 13.4. The molecular weight excluding hydrogens is 388 g/mol. The van der Waals surface area contributed by atoms with Gasteiger partial charge in [0.1, 0.15) is 17.8 Å². The lowest BCUT2D eigenvalue weighted by atomic mass is 10.1. The highest BCUT2D eigenvalue weighted by atomic mass is 16.6. The van der Waals surface area contributed by atoms with Crippen LogP contribution >= 0.6 is 0 Å². The van der Waals surface area contributed by atoms with E-state index in [2.05, 4.69) is 25.8 Å². The number of nitro groups is 1. The van der Waals surface area contributed by atoms with Crippen LogP contribution in [-0.2, 0) is 0 Å². The van der Waals surface area contributed by atoms with E-state index in [-0.39, 0.29) is 17.4 Å². The van der Waals surface area contributed by atoms with Crippen LogP contribution in [0.25, 0.3) is 10.8 Å². The van der Waals surface area contributed by atoms with Crippen molar-refractivity contribution in [1.29, 1.82) is 0 Å². The number of nitrogens with one attached hydrogen (secondary N) is 2.